The Morgan fingerprint density at radius 1 is 1.26 bits per heavy atom. The van der Waals surface area contributed by atoms with Crippen LogP contribution in [0.15, 0.2) is 23.1 Å². The molecule has 2 heterocycles. The standard InChI is InChI=1S/C19H29N3O4S/c1-14-5-6-16(19(23)21-7-3-4-17(13-21)15(2)20)12-18(14)27(24,25)22-8-10-26-11-9-22/h5-6,12,15,17H,3-4,7-11,13,20H2,1-2H3. The van der Waals surface area contributed by atoms with E-state index in [4.69, 9.17) is 10.5 Å². The molecule has 150 valence electrons. The third-order valence-electron chi connectivity index (χ3n) is 5.51. The fourth-order valence-electron chi connectivity index (χ4n) is 3.74. The first-order chi connectivity index (χ1) is 12.8. The molecule has 2 atom stereocenters. The molecule has 7 nitrogen and oxygen atoms in total. The van der Waals surface area contributed by atoms with Crippen LogP contribution in [0.3, 0.4) is 0 Å². The van der Waals surface area contributed by atoms with Crippen LogP contribution in [-0.2, 0) is 14.8 Å². The normalized spacial score (nSPS) is 23.2. The van der Waals surface area contributed by atoms with E-state index in [9.17, 15) is 13.2 Å². The monoisotopic (exact) mass is 395 g/mol. The molecule has 2 aliphatic heterocycles. The fraction of sp³-hybridized carbons (Fsp3) is 0.632. The summed E-state index contributed by atoms with van der Waals surface area (Å²) in [6.07, 6.45) is 1.94. The summed E-state index contributed by atoms with van der Waals surface area (Å²) in [6, 6.07) is 4.99. The largest absolute Gasteiger partial charge is 0.379 e. The summed E-state index contributed by atoms with van der Waals surface area (Å²) >= 11 is 0. The van der Waals surface area contributed by atoms with Gasteiger partial charge in [0.1, 0.15) is 0 Å². The van der Waals surface area contributed by atoms with Gasteiger partial charge in [0.2, 0.25) is 10.0 Å². The van der Waals surface area contributed by atoms with Crippen LogP contribution in [0.25, 0.3) is 0 Å². The minimum atomic E-state index is -3.64. The van der Waals surface area contributed by atoms with Gasteiger partial charge in [0, 0.05) is 37.8 Å². The summed E-state index contributed by atoms with van der Waals surface area (Å²) in [7, 11) is -3.64. The van der Waals surface area contributed by atoms with Crippen LogP contribution in [0.1, 0.15) is 35.7 Å². The molecular formula is C19H29N3O4S. The maximum absolute atomic E-state index is 13.0. The molecule has 8 heteroatoms. The predicted molar refractivity (Wildman–Crippen MR) is 103 cm³/mol. The number of hydrogen-bond acceptors (Lipinski definition) is 5. The lowest BCUT2D eigenvalue weighted by Crippen LogP contribution is -2.45. The van der Waals surface area contributed by atoms with E-state index >= 15 is 0 Å². The zero-order valence-electron chi connectivity index (χ0n) is 16.1. The molecular weight excluding hydrogens is 366 g/mol. The van der Waals surface area contributed by atoms with Crippen molar-refractivity contribution < 1.29 is 17.9 Å². The third kappa shape index (κ3) is 4.34. The highest BCUT2D eigenvalue weighted by molar-refractivity contribution is 7.89. The van der Waals surface area contributed by atoms with Gasteiger partial charge in [-0.25, -0.2) is 8.42 Å². The molecule has 0 spiro atoms. The molecule has 1 aromatic rings. The number of likely N-dealkylation sites (tertiary alicyclic amines) is 1. The molecule has 27 heavy (non-hydrogen) atoms. The quantitative estimate of drug-likeness (QED) is 0.827. The minimum absolute atomic E-state index is 0.0378. The highest BCUT2D eigenvalue weighted by Gasteiger charge is 2.30. The second-order valence-electron chi connectivity index (χ2n) is 7.51. The summed E-state index contributed by atoms with van der Waals surface area (Å²) in [4.78, 5) is 15.0. The Balaban J connectivity index is 1.85. The molecule has 2 unspecified atom stereocenters. The molecule has 0 saturated carbocycles. The number of sulfonamides is 1. The van der Waals surface area contributed by atoms with Crippen LogP contribution in [0, 0.1) is 12.8 Å². The highest BCUT2D eigenvalue weighted by Crippen LogP contribution is 2.25. The van der Waals surface area contributed by atoms with Crippen LogP contribution < -0.4 is 5.73 Å². The SMILES string of the molecule is Cc1ccc(C(=O)N2CCCC(C(C)N)C2)cc1S(=O)(=O)N1CCOCC1. The average molecular weight is 396 g/mol. The summed E-state index contributed by atoms with van der Waals surface area (Å²) in [6.45, 7) is 6.49. The lowest BCUT2D eigenvalue weighted by atomic mass is 9.92. The Hall–Kier alpha value is -1.48. The third-order valence-corrected chi connectivity index (χ3v) is 7.55. The van der Waals surface area contributed by atoms with Crippen LogP contribution in [0.2, 0.25) is 0 Å². The number of nitrogens with zero attached hydrogens (tertiary/aromatic N) is 2. The van der Waals surface area contributed by atoms with Crippen LogP contribution in [0.5, 0.6) is 0 Å². The van der Waals surface area contributed by atoms with Crippen molar-refractivity contribution in [2.24, 2.45) is 11.7 Å². The first kappa shape index (κ1) is 20.3. The van der Waals surface area contributed by atoms with Gasteiger partial charge < -0.3 is 15.4 Å². The molecule has 2 N–H and O–H groups in total. The lowest BCUT2D eigenvalue weighted by Gasteiger charge is -2.34. The second kappa shape index (κ2) is 8.26. The van der Waals surface area contributed by atoms with Crippen LogP contribution in [0.4, 0.5) is 0 Å². The van der Waals surface area contributed by atoms with E-state index in [2.05, 4.69) is 0 Å². The van der Waals surface area contributed by atoms with E-state index in [1.54, 1.807) is 24.0 Å². The van der Waals surface area contributed by atoms with Gasteiger partial charge in [-0.2, -0.15) is 4.31 Å². The number of carbonyl (C=O) groups excluding carboxylic acids is 1. The number of amides is 1. The maximum Gasteiger partial charge on any atom is 0.253 e. The van der Waals surface area contributed by atoms with E-state index in [1.165, 1.54) is 10.4 Å². The van der Waals surface area contributed by atoms with Gasteiger partial charge in [-0.05, 0) is 50.3 Å². The Labute approximate surface area is 161 Å². The molecule has 2 fully saturated rings. The number of aryl methyl sites for hydroxylation is 1. The van der Waals surface area contributed by atoms with Gasteiger partial charge in [0.25, 0.3) is 5.91 Å². The molecule has 0 radical (unpaired) electrons. The van der Waals surface area contributed by atoms with Crippen molar-refractivity contribution in [2.45, 2.75) is 37.6 Å². The molecule has 0 bridgehead atoms. The van der Waals surface area contributed by atoms with Crippen molar-refractivity contribution in [3.8, 4) is 0 Å². The number of nitrogens with two attached hydrogens (primary N) is 1. The second-order valence-corrected chi connectivity index (χ2v) is 9.42. The van der Waals surface area contributed by atoms with Gasteiger partial charge >= 0.3 is 0 Å². The smallest absolute Gasteiger partial charge is 0.253 e. The number of carbonyl (C=O) groups is 1. The van der Waals surface area contributed by atoms with E-state index in [0.29, 0.717) is 50.5 Å². The number of benzene rings is 1. The van der Waals surface area contributed by atoms with Crippen molar-refractivity contribution in [1.82, 2.24) is 9.21 Å². The minimum Gasteiger partial charge on any atom is -0.379 e. The Morgan fingerprint density at radius 3 is 2.63 bits per heavy atom. The maximum atomic E-state index is 13.0. The van der Waals surface area contributed by atoms with Gasteiger partial charge in [0.05, 0.1) is 18.1 Å². The average Bonchev–Trinajstić information content (AvgIpc) is 2.68. The van der Waals surface area contributed by atoms with Crippen LogP contribution >= 0.6 is 0 Å². The van der Waals surface area contributed by atoms with Crippen molar-refractivity contribution in [1.29, 1.82) is 0 Å². The van der Waals surface area contributed by atoms with Gasteiger partial charge in [0.15, 0.2) is 0 Å². The van der Waals surface area contributed by atoms with Crippen molar-refractivity contribution in [2.75, 3.05) is 39.4 Å². The molecule has 0 aromatic heterocycles. The fourth-order valence-corrected chi connectivity index (χ4v) is 5.40. The highest BCUT2D eigenvalue weighted by atomic mass is 32.2. The number of piperidine rings is 1. The zero-order chi connectivity index (χ0) is 19.6. The molecule has 1 amide bonds. The van der Waals surface area contributed by atoms with E-state index in [0.717, 1.165) is 12.8 Å². The van der Waals surface area contributed by atoms with Crippen molar-refractivity contribution >= 4 is 15.9 Å². The summed E-state index contributed by atoms with van der Waals surface area (Å²) in [5, 5.41) is 0. The van der Waals surface area contributed by atoms with Crippen molar-refractivity contribution in [3.63, 3.8) is 0 Å². The predicted octanol–water partition coefficient (Wildman–Crippen LogP) is 1.22. The Morgan fingerprint density at radius 2 is 1.96 bits per heavy atom. The Kier molecular flexibility index (Phi) is 6.20. The summed E-state index contributed by atoms with van der Waals surface area (Å²) < 4.78 is 32.7. The van der Waals surface area contributed by atoms with E-state index in [1.807, 2.05) is 6.92 Å². The Bertz CT molecular complexity index is 788. The zero-order valence-corrected chi connectivity index (χ0v) is 16.9. The van der Waals surface area contributed by atoms with Gasteiger partial charge in [-0.3, -0.25) is 4.79 Å². The summed E-state index contributed by atoms with van der Waals surface area (Å²) in [5.74, 6) is 0.156. The van der Waals surface area contributed by atoms with Gasteiger partial charge in [-0.15, -0.1) is 0 Å². The molecule has 1 aromatic carbocycles. The van der Waals surface area contributed by atoms with E-state index in [-0.39, 0.29) is 22.8 Å². The summed E-state index contributed by atoms with van der Waals surface area (Å²) in [5.41, 5.74) is 7.08. The first-order valence-electron chi connectivity index (χ1n) is 9.54. The topological polar surface area (TPSA) is 92.9 Å². The number of rotatable bonds is 4. The van der Waals surface area contributed by atoms with Gasteiger partial charge in [-0.1, -0.05) is 6.07 Å². The van der Waals surface area contributed by atoms with Crippen LogP contribution in [-0.4, -0.2) is 69.0 Å². The molecule has 2 saturated heterocycles. The molecule has 0 aliphatic carbocycles. The van der Waals surface area contributed by atoms with Crippen molar-refractivity contribution in [3.05, 3.63) is 29.3 Å². The first-order valence-corrected chi connectivity index (χ1v) is 11.0. The lowest BCUT2D eigenvalue weighted by molar-refractivity contribution is 0.0660. The molecule has 2 aliphatic rings. The number of morpholine rings is 1. The van der Waals surface area contributed by atoms with E-state index < -0.39 is 10.0 Å². The number of ether oxygens (including phenoxy) is 1. The number of hydrogen-bond donors (Lipinski definition) is 1. The molecule has 3 rings (SSSR count).